The van der Waals surface area contributed by atoms with Gasteiger partial charge in [-0.1, -0.05) is 19.8 Å². The molecule has 3 fully saturated rings. The zero-order chi connectivity index (χ0) is 21.2. The van der Waals surface area contributed by atoms with Crippen molar-refractivity contribution in [3.8, 4) is 0 Å². The summed E-state index contributed by atoms with van der Waals surface area (Å²) in [5.74, 6) is -1.79. The average Bonchev–Trinajstić information content (AvgIpc) is 3.26. The van der Waals surface area contributed by atoms with Gasteiger partial charge in [-0.15, -0.1) is 0 Å². The summed E-state index contributed by atoms with van der Waals surface area (Å²) in [4.78, 5) is 41.0. The van der Waals surface area contributed by atoms with E-state index in [0.717, 1.165) is 19.3 Å². The fraction of sp³-hybridized carbons (Fsp3) is 0.857. The van der Waals surface area contributed by atoms with Crippen molar-refractivity contribution in [3.05, 3.63) is 0 Å². The van der Waals surface area contributed by atoms with Gasteiger partial charge in [-0.25, -0.2) is 0 Å². The number of aliphatic hydroxyl groups excluding tert-OH is 1. The lowest BCUT2D eigenvalue weighted by molar-refractivity contribution is -0.146. The minimum atomic E-state index is -0.947. The third-order valence-corrected chi connectivity index (χ3v) is 6.94. The third-order valence-electron chi connectivity index (χ3n) is 6.94. The molecule has 0 radical (unpaired) electrons. The zero-order valence-corrected chi connectivity index (χ0v) is 17.8. The first-order chi connectivity index (χ1) is 13.9. The van der Waals surface area contributed by atoms with Crippen LogP contribution in [0.3, 0.4) is 0 Å². The van der Waals surface area contributed by atoms with Crippen molar-refractivity contribution in [2.75, 3.05) is 26.7 Å². The van der Waals surface area contributed by atoms with Crippen LogP contribution in [0.1, 0.15) is 58.8 Å². The molecule has 3 N–H and O–H groups in total. The number of likely N-dealkylation sites (tertiary alicyclic amines) is 1. The minimum Gasteiger partial charge on any atom is -0.396 e. The van der Waals surface area contributed by atoms with Gasteiger partial charge in [0, 0.05) is 26.7 Å². The van der Waals surface area contributed by atoms with Crippen LogP contribution >= 0.6 is 0 Å². The average molecular weight is 410 g/mol. The number of ether oxygens (including phenoxy) is 1. The normalized spacial score (nSPS) is 35.1. The maximum absolute atomic E-state index is 13.5. The Kier molecular flexibility index (Phi) is 6.53. The van der Waals surface area contributed by atoms with Crippen LogP contribution in [0.2, 0.25) is 0 Å². The molecular formula is C21H35N3O5. The van der Waals surface area contributed by atoms with Crippen LogP contribution in [0, 0.1) is 11.8 Å². The molecule has 8 heteroatoms. The van der Waals surface area contributed by atoms with Crippen LogP contribution in [-0.2, 0) is 19.1 Å². The Labute approximate surface area is 172 Å². The molecule has 3 saturated heterocycles. The van der Waals surface area contributed by atoms with E-state index in [-0.39, 0.29) is 24.3 Å². The van der Waals surface area contributed by atoms with Crippen molar-refractivity contribution < 1.29 is 24.2 Å². The van der Waals surface area contributed by atoms with E-state index < -0.39 is 29.1 Å². The summed E-state index contributed by atoms with van der Waals surface area (Å²) in [7, 11) is 1.57. The van der Waals surface area contributed by atoms with Gasteiger partial charge in [0.25, 0.3) is 0 Å². The second-order valence-electron chi connectivity index (χ2n) is 8.80. The molecule has 0 aromatic rings. The predicted molar refractivity (Wildman–Crippen MR) is 107 cm³/mol. The minimum absolute atomic E-state index is 0.0416. The lowest BCUT2D eigenvalue weighted by atomic mass is 9.66. The van der Waals surface area contributed by atoms with Gasteiger partial charge in [-0.3, -0.25) is 14.4 Å². The number of amides is 3. The molecule has 1 spiro atoms. The Morgan fingerprint density at radius 2 is 1.97 bits per heavy atom. The van der Waals surface area contributed by atoms with Crippen LogP contribution in [-0.4, -0.2) is 71.7 Å². The Morgan fingerprint density at radius 1 is 1.21 bits per heavy atom. The zero-order valence-electron chi connectivity index (χ0n) is 17.8. The van der Waals surface area contributed by atoms with Gasteiger partial charge >= 0.3 is 0 Å². The summed E-state index contributed by atoms with van der Waals surface area (Å²) in [6, 6.07) is -0.725. The summed E-state index contributed by atoms with van der Waals surface area (Å²) in [6.45, 7) is 4.98. The lowest BCUT2D eigenvalue weighted by Gasteiger charge is -2.33. The van der Waals surface area contributed by atoms with Gasteiger partial charge in [-0.2, -0.15) is 0 Å². The largest absolute Gasteiger partial charge is 0.396 e. The molecule has 0 aromatic heterocycles. The quantitative estimate of drug-likeness (QED) is 0.458. The van der Waals surface area contributed by atoms with Crippen molar-refractivity contribution in [1.82, 2.24) is 15.5 Å². The monoisotopic (exact) mass is 409 g/mol. The number of unbranched alkanes of at least 4 members (excludes halogenated alkanes) is 3. The van der Waals surface area contributed by atoms with Gasteiger partial charge < -0.3 is 25.4 Å². The first-order valence-corrected chi connectivity index (χ1v) is 11.0. The van der Waals surface area contributed by atoms with E-state index in [4.69, 9.17) is 9.84 Å². The van der Waals surface area contributed by atoms with Crippen LogP contribution < -0.4 is 10.6 Å². The molecular weight excluding hydrogens is 374 g/mol. The number of nitrogens with zero attached hydrogens (tertiary/aromatic N) is 1. The molecule has 8 nitrogen and oxygen atoms in total. The predicted octanol–water partition coefficient (Wildman–Crippen LogP) is 0.576. The second kappa shape index (κ2) is 8.60. The molecule has 29 heavy (non-hydrogen) atoms. The summed E-state index contributed by atoms with van der Waals surface area (Å²) in [6.07, 6.45) is 5.40. The highest BCUT2D eigenvalue weighted by Gasteiger charge is 2.77. The van der Waals surface area contributed by atoms with Crippen LogP contribution in [0.4, 0.5) is 0 Å². The van der Waals surface area contributed by atoms with Crippen molar-refractivity contribution in [2.24, 2.45) is 11.8 Å². The van der Waals surface area contributed by atoms with E-state index in [1.165, 1.54) is 0 Å². The van der Waals surface area contributed by atoms with E-state index in [1.54, 1.807) is 11.9 Å². The topological polar surface area (TPSA) is 108 Å². The van der Waals surface area contributed by atoms with Crippen molar-refractivity contribution in [2.45, 2.75) is 76.0 Å². The van der Waals surface area contributed by atoms with Gasteiger partial charge in [0.05, 0.1) is 17.4 Å². The number of nitrogens with one attached hydrogen (secondary N) is 2. The molecule has 164 valence electrons. The van der Waals surface area contributed by atoms with Crippen molar-refractivity contribution in [1.29, 1.82) is 0 Å². The van der Waals surface area contributed by atoms with E-state index in [1.807, 2.05) is 6.92 Å². The number of hydrogen-bond donors (Lipinski definition) is 3. The molecule has 0 saturated carbocycles. The molecule has 2 bridgehead atoms. The Bertz CT molecular complexity index is 656. The number of hydrogen-bond acceptors (Lipinski definition) is 5. The van der Waals surface area contributed by atoms with Crippen LogP contribution in [0.5, 0.6) is 0 Å². The molecule has 3 aliphatic heterocycles. The van der Waals surface area contributed by atoms with Gasteiger partial charge in [0.2, 0.25) is 17.7 Å². The lowest BCUT2D eigenvalue weighted by Crippen LogP contribution is -2.55. The van der Waals surface area contributed by atoms with Crippen molar-refractivity contribution >= 4 is 17.7 Å². The molecule has 0 aliphatic carbocycles. The van der Waals surface area contributed by atoms with E-state index >= 15 is 0 Å². The molecule has 3 aliphatic rings. The second-order valence-corrected chi connectivity index (χ2v) is 8.80. The first-order valence-electron chi connectivity index (χ1n) is 11.0. The summed E-state index contributed by atoms with van der Waals surface area (Å²) in [5, 5.41) is 14.8. The van der Waals surface area contributed by atoms with Crippen molar-refractivity contribution in [3.63, 3.8) is 0 Å². The molecule has 5 atom stereocenters. The fourth-order valence-electron chi connectivity index (χ4n) is 5.60. The van der Waals surface area contributed by atoms with Crippen LogP contribution in [0.25, 0.3) is 0 Å². The number of carbonyl (C=O) groups is 3. The van der Waals surface area contributed by atoms with Gasteiger partial charge in [0.15, 0.2) is 0 Å². The Balaban J connectivity index is 1.89. The summed E-state index contributed by atoms with van der Waals surface area (Å²) < 4.78 is 6.44. The molecule has 0 aromatic carbocycles. The fourth-order valence-corrected chi connectivity index (χ4v) is 5.60. The van der Waals surface area contributed by atoms with Gasteiger partial charge in [-0.05, 0) is 39.0 Å². The molecule has 3 amide bonds. The molecule has 2 unspecified atom stereocenters. The van der Waals surface area contributed by atoms with E-state index in [0.29, 0.717) is 38.8 Å². The number of rotatable bonds is 10. The van der Waals surface area contributed by atoms with Crippen LogP contribution in [0.15, 0.2) is 0 Å². The smallest absolute Gasteiger partial charge is 0.245 e. The van der Waals surface area contributed by atoms with E-state index in [2.05, 4.69) is 17.6 Å². The van der Waals surface area contributed by atoms with E-state index in [9.17, 15) is 14.4 Å². The highest BCUT2D eigenvalue weighted by molar-refractivity contribution is 5.99. The molecule has 3 rings (SSSR count). The standard InChI is InChI=1S/C21H35N3O5/c1-4-5-6-11-23-18(27)16-21-10-9-20(2,29-21)14(17(26)22-3)15(21)19(28)24(16)12-7-8-13-25/h14-16,25H,4-13H2,1-3H3,(H,22,26)(H,23,27)/t14-,15-,16?,20+,21?/m0/s1. The summed E-state index contributed by atoms with van der Waals surface area (Å²) in [5.41, 5.74) is -1.67. The van der Waals surface area contributed by atoms with Gasteiger partial charge in [0.1, 0.15) is 11.6 Å². The highest BCUT2D eigenvalue weighted by Crippen LogP contribution is 2.63. The third kappa shape index (κ3) is 3.54. The number of fused-ring (bicyclic) bond motifs is 1. The highest BCUT2D eigenvalue weighted by atomic mass is 16.5. The maximum Gasteiger partial charge on any atom is 0.245 e. The first kappa shape index (κ1) is 22.0. The SMILES string of the molecule is CCCCCNC(=O)C1N(CCCCO)C(=O)[C@@H]2[C@@H](C(=O)NC)[C@@]3(C)CCC12O3. The number of aliphatic hydroxyl groups is 1. The Morgan fingerprint density at radius 3 is 2.62 bits per heavy atom. The summed E-state index contributed by atoms with van der Waals surface area (Å²) >= 11 is 0. The molecule has 3 heterocycles. The Hall–Kier alpha value is -1.67. The number of carbonyl (C=O) groups excluding carboxylic acids is 3. The maximum atomic E-state index is 13.5.